The summed E-state index contributed by atoms with van der Waals surface area (Å²) in [7, 11) is 0. The van der Waals surface area contributed by atoms with Gasteiger partial charge in [0.25, 0.3) is 0 Å². The van der Waals surface area contributed by atoms with Crippen LogP contribution in [0.4, 0.5) is 0 Å². The molecule has 3 unspecified atom stereocenters. The van der Waals surface area contributed by atoms with Gasteiger partial charge in [-0.3, -0.25) is 4.79 Å². The highest BCUT2D eigenvalue weighted by Gasteiger charge is 2.27. The number of likely N-dealkylation sites (tertiary alicyclic amines) is 1. The summed E-state index contributed by atoms with van der Waals surface area (Å²) < 4.78 is 0. The lowest BCUT2D eigenvalue weighted by atomic mass is 9.91. The van der Waals surface area contributed by atoms with Gasteiger partial charge in [-0.05, 0) is 57.8 Å². The zero-order valence-corrected chi connectivity index (χ0v) is 17.4. The second kappa shape index (κ2) is 13.5. The molecule has 1 heterocycles. The van der Waals surface area contributed by atoms with Crippen molar-refractivity contribution in [2.24, 2.45) is 11.8 Å². The van der Waals surface area contributed by atoms with Gasteiger partial charge in [-0.1, -0.05) is 27.7 Å². The molecule has 1 fully saturated rings. The molecule has 0 aliphatic carbocycles. The van der Waals surface area contributed by atoms with Crippen molar-refractivity contribution in [3.8, 4) is 0 Å². The van der Waals surface area contributed by atoms with E-state index in [9.17, 15) is 4.79 Å². The van der Waals surface area contributed by atoms with Gasteiger partial charge in [-0.25, -0.2) is 9.59 Å². The van der Waals surface area contributed by atoms with Crippen molar-refractivity contribution in [3.63, 3.8) is 0 Å². The number of carbonyl (C=O) groups excluding carboxylic acids is 1. The number of nitrogens with one attached hydrogen (secondary N) is 1. The Hall–Kier alpha value is -1.67. The lowest BCUT2D eigenvalue weighted by Crippen LogP contribution is -2.50. The molecular formula is C19H37N3O5. The minimum Gasteiger partial charge on any atom is -0.473 e. The lowest BCUT2D eigenvalue weighted by Gasteiger charge is -2.36. The standard InChI is InChI=1S/C17H35N3O.C2H2O4/c1-6-19(7-2)10-8-9-18-16(5)17(21)20-12-14(3)11-15(4)13-20;3-1(4)2(5)6/h14-16,18H,6-13H2,1-5H3;(H,3,4)(H,5,6). The average molecular weight is 388 g/mol. The van der Waals surface area contributed by atoms with Crippen LogP contribution in [0.1, 0.15) is 47.5 Å². The highest BCUT2D eigenvalue weighted by Crippen LogP contribution is 2.21. The summed E-state index contributed by atoms with van der Waals surface area (Å²) in [6, 6.07) is -0.0563. The second-order valence-corrected chi connectivity index (χ2v) is 7.36. The molecule has 1 amide bonds. The topological polar surface area (TPSA) is 110 Å². The molecule has 3 N–H and O–H groups in total. The molecule has 0 aromatic heterocycles. The third-order valence-corrected chi connectivity index (χ3v) is 4.73. The van der Waals surface area contributed by atoms with E-state index in [1.54, 1.807) is 0 Å². The Morgan fingerprint density at radius 2 is 1.56 bits per heavy atom. The first-order chi connectivity index (χ1) is 12.6. The van der Waals surface area contributed by atoms with E-state index in [-0.39, 0.29) is 11.9 Å². The SMILES string of the molecule is CCN(CC)CCCNC(C)C(=O)N1CC(C)CC(C)C1.O=C(O)C(=O)O. The van der Waals surface area contributed by atoms with E-state index in [2.05, 4.69) is 42.8 Å². The van der Waals surface area contributed by atoms with Crippen LogP contribution in [0, 0.1) is 11.8 Å². The fourth-order valence-electron chi connectivity index (χ4n) is 3.37. The summed E-state index contributed by atoms with van der Waals surface area (Å²) in [5, 5.41) is 18.2. The molecule has 0 bridgehead atoms. The average Bonchev–Trinajstić information content (AvgIpc) is 2.60. The van der Waals surface area contributed by atoms with E-state index in [0.717, 1.165) is 45.7 Å². The second-order valence-electron chi connectivity index (χ2n) is 7.36. The van der Waals surface area contributed by atoms with E-state index in [1.807, 2.05) is 6.92 Å². The van der Waals surface area contributed by atoms with Crippen molar-refractivity contribution in [1.29, 1.82) is 0 Å². The molecule has 0 saturated carbocycles. The minimum atomic E-state index is -1.82. The van der Waals surface area contributed by atoms with E-state index in [1.165, 1.54) is 6.42 Å². The number of hydrogen-bond acceptors (Lipinski definition) is 5. The molecule has 158 valence electrons. The number of piperidine rings is 1. The van der Waals surface area contributed by atoms with Gasteiger partial charge < -0.3 is 25.3 Å². The molecule has 8 heteroatoms. The van der Waals surface area contributed by atoms with Crippen molar-refractivity contribution in [3.05, 3.63) is 0 Å². The van der Waals surface area contributed by atoms with Gasteiger partial charge in [0.15, 0.2) is 0 Å². The minimum absolute atomic E-state index is 0.0563. The number of hydrogen-bond donors (Lipinski definition) is 3. The molecule has 3 atom stereocenters. The quantitative estimate of drug-likeness (QED) is 0.426. The van der Waals surface area contributed by atoms with Crippen LogP contribution in [0.25, 0.3) is 0 Å². The predicted molar refractivity (Wildman–Crippen MR) is 105 cm³/mol. The molecule has 1 saturated heterocycles. The highest BCUT2D eigenvalue weighted by atomic mass is 16.4. The van der Waals surface area contributed by atoms with Crippen LogP contribution >= 0.6 is 0 Å². The number of carboxylic acids is 2. The van der Waals surface area contributed by atoms with Crippen LogP contribution in [0.5, 0.6) is 0 Å². The summed E-state index contributed by atoms with van der Waals surface area (Å²) >= 11 is 0. The lowest BCUT2D eigenvalue weighted by molar-refractivity contribution is -0.159. The molecule has 0 radical (unpaired) electrons. The van der Waals surface area contributed by atoms with E-state index >= 15 is 0 Å². The number of rotatable bonds is 8. The number of carbonyl (C=O) groups is 3. The Morgan fingerprint density at radius 3 is 1.96 bits per heavy atom. The van der Waals surface area contributed by atoms with Crippen LogP contribution in [-0.2, 0) is 14.4 Å². The van der Waals surface area contributed by atoms with E-state index < -0.39 is 11.9 Å². The summed E-state index contributed by atoms with van der Waals surface area (Å²) in [6.07, 6.45) is 2.35. The Morgan fingerprint density at radius 1 is 1.07 bits per heavy atom. The maximum atomic E-state index is 12.5. The van der Waals surface area contributed by atoms with Crippen LogP contribution in [0.15, 0.2) is 0 Å². The Balaban J connectivity index is 0.000000972. The first kappa shape index (κ1) is 25.3. The number of nitrogens with zero attached hydrogens (tertiary/aromatic N) is 2. The third-order valence-electron chi connectivity index (χ3n) is 4.73. The Bertz CT molecular complexity index is 446. The molecule has 0 aromatic carbocycles. The van der Waals surface area contributed by atoms with Gasteiger partial charge in [0.1, 0.15) is 0 Å². The molecule has 0 spiro atoms. The van der Waals surface area contributed by atoms with Crippen molar-refractivity contribution in [1.82, 2.24) is 15.1 Å². The third kappa shape index (κ3) is 10.9. The molecule has 1 aliphatic heterocycles. The molecule has 1 aliphatic rings. The molecule has 0 aromatic rings. The van der Waals surface area contributed by atoms with E-state index in [0.29, 0.717) is 11.8 Å². The fourth-order valence-corrected chi connectivity index (χ4v) is 3.37. The highest BCUT2D eigenvalue weighted by molar-refractivity contribution is 6.27. The summed E-state index contributed by atoms with van der Waals surface area (Å²) in [5.41, 5.74) is 0. The monoisotopic (exact) mass is 387 g/mol. The summed E-state index contributed by atoms with van der Waals surface area (Å²) in [4.78, 5) is 35.2. The molecule has 8 nitrogen and oxygen atoms in total. The van der Waals surface area contributed by atoms with Crippen molar-refractivity contribution < 1.29 is 24.6 Å². The number of carboxylic acid groups (broad SMARTS) is 2. The van der Waals surface area contributed by atoms with Crippen molar-refractivity contribution >= 4 is 17.8 Å². The van der Waals surface area contributed by atoms with Crippen LogP contribution < -0.4 is 5.32 Å². The normalized spacial score (nSPS) is 20.6. The summed E-state index contributed by atoms with van der Waals surface area (Å²) in [5.74, 6) is -2.11. The van der Waals surface area contributed by atoms with Gasteiger partial charge in [-0.2, -0.15) is 0 Å². The predicted octanol–water partition coefficient (Wildman–Crippen LogP) is 1.36. The molecular weight excluding hydrogens is 350 g/mol. The summed E-state index contributed by atoms with van der Waals surface area (Å²) in [6.45, 7) is 17.0. The molecule has 27 heavy (non-hydrogen) atoms. The first-order valence-corrected chi connectivity index (χ1v) is 9.82. The van der Waals surface area contributed by atoms with Crippen LogP contribution in [0.2, 0.25) is 0 Å². The van der Waals surface area contributed by atoms with Gasteiger partial charge in [0.05, 0.1) is 6.04 Å². The van der Waals surface area contributed by atoms with Crippen LogP contribution in [-0.4, -0.2) is 83.2 Å². The van der Waals surface area contributed by atoms with Crippen molar-refractivity contribution in [2.45, 2.75) is 53.5 Å². The smallest absolute Gasteiger partial charge is 0.414 e. The maximum Gasteiger partial charge on any atom is 0.414 e. The van der Waals surface area contributed by atoms with Gasteiger partial charge >= 0.3 is 11.9 Å². The van der Waals surface area contributed by atoms with Gasteiger partial charge in [-0.15, -0.1) is 0 Å². The van der Waals surface area contributed by atoms with Gasteiger partial charge in [0, 0.05) is 13.1 Å². The number of aliphatic carboxylic acids is 2. The zero-order chi connectivity index (χ0) is 21.0. The van der Waals surface area contributed by atoms with Gasteiger partial charge in [0.2, 0.25) is 5.91 Å². The fraction of sp³-hybridized carbons (Fsp3) is 0.842. The van der Waals surface area contributed by atoms with E-state index in [4.69, 9.17) is 19.8 Å². The zero-order valence-electron chi connectivity index (χ0n) is 17.4. The molecule has 1 rings (SSSR count). The first-order valence-electron chi connectivity index (χ1n) is 9.82. The largest absolute Gasteiger partial charge is 0.473 e. The maximum absolute atomic E-state index is 12.5. The Kier molecular flexibility index (Phi) is 12.7. The van der Waals surface area contributed by atoms with Crippen molar-refractivity contribution in [2.75, 3.05) is 39.3 Å². The number of amides is 1. The Labute approximate surface area is 162 Å². The van der Waals surface area contributed by atoms with Crippen LogP contribution in [0.3, 0.4) is 0 Å².